The van der Waals surface area contributed by atoms with Crippen LogP contribution in [0.5, 0.6) is 0 Å². The second kappa shape index (κ2) is 10.5. The van der Waals surface area contributed by atoms with Crippen molar-refractivity contribution in [1.82, 2.24) is 14.5 Å². The zero-order chi connectivity index (χ0) is 23.3. The highest BCUT2D eigenvalue weighted by Gasteiger charge is 2.32. The highest BCUT2D eigenvalue weighted by molar-refractivity contribution is 7.99. The number of nitrogens with one attached hydrogen (secondary N) is 1. The van der Waals surface area contributed by atoms with Gasteiger partial charge in [-0.05, 0) is 44.0 Å². The summed E-state index contributed by atoms with van der Waals surface area (Å²) in [5, 5.41) is 10.6. The van der Waals surface area contributed by atoms with E-state index in [1.165, 1.54) is 9.20 Å². The lowest BCUT2D eigenvalue weighted by Gasteiger charge is -2.30. The van der Waals surface area contributed by atoms with E-state index in [4.69, 9.17) is 4.42 Å². The number of thioether (sulfide) groups is 1. The lowest BCUT2D eigenvalue weighted by atomic mass is 9.97. The van der Waals surface area contributed by atoms with Crippen LogP contribution in [0, 0.1) is 12.8 Å². The summed E-state index contributed by atoms with van der Waals surface area (Å²) in [4.78, 5) is 14.1. The first-order valence-electron chi connectivity index (χ1n) is 10.8. The highest BCUT2D eigenvalue weighted by Crippen LogP contribution is 2.25. The Morgan fingerprint density at radius 2 is 1.79 bits per heavy atom. The zero-order valence-corrected chi connectivity index (χ0v) is 19.9. The molecule has 1 N–H and O–H groups in total. The Morgan fingerprint density at radius 3 is 2.48 bits per heavy atom. The summed E-state index contributed by atoms with van der Waals surface area (Å²) >= 11 is 1.69. The van der Waals surface area contributed by atoms with Crippen molar-refractivity contribution in [2.24, 2.45) is 5.92 Å². The summed E-state index contributed by atoms with van der Waals surface area (Å²) in [5.41, 5.74) is 1.00. The predicted molar refractivity (Wildman–Crippen MR) is 126 cm³/mol. The number of rotatable bonds is 8. The van der Waals surface area contributed by atoms with Gasteiger partial charge < -0.3 is 4.42 Å². The minimum Gasteiger partial charge on any atom is -0.408 e. The van der Waals surface area contributed by atoms with Crippen molar-refractivity contribution in [3.63, 3.8) is 0 Å². The van der Waals surface area contributed by atoms with E-state index in [2.05, 4.69) is 15.5 Å². The Labute approximate surface area is 197 Å². The number of amides is 1. The SMILES string of the molecule is Cc1ccc(S(=O)(=O)N2CCC(C(=O)Nc3nnc(CCSc4ccccc4)o3)CC2)cc1. The van der Waals surface area contributed by atoms with Gasteiger partial charge >= 0.3 is 6.01 Å². The van der Waals surface area contributed by atoms with Gasteiger partial charge in [-0.25, -0.2) is 8.42 Å². The number of sulfonamides is 1. The topological polar surface area (TPSA) is 105 Å². The molecule has 0 spiro atoms. The van der Waals surface area contributed by atoms with E-state index in [0.717, 1.165) is 11.3 Å². The maximum Gasteiger partial charge on any atom is 0.322 e. The summed E-state index contributed by atoms with van der Waals surface area (Å²) in [5.74, 6) is 0.718. The Balaban J connectivity index is 1.25. The van der Waals surface area contributed by atoms with Gasteiger partial charge in [0, 0.05) is 36.1 Å². The van der Waals surface area contributed by atoms with Crippen LogP contribution < -0.4 is 5.32 Å². The minimum atomic E-state index is -3.55. The molecule has 1 aliphatic rings. The molecule has 0 radical (unpaired) electrons. The van der Waals surface area contributed by atoms with Crippen LogP contribution in [0.25, 0.3) is 0 Å². The van der Waals surface area contributed by atoms with Gasteiger partial charge in [0.1, 0.15) is 0 Å². The molecule has 10 heteroatoms. The van der Waals surface area contributed by atoms with Crippen molar-refractivity contribution in [3.05, 3.63) is 66.1 Å². The Kier molecular flexibility index (Phi) is 7.46. The van der Waals surface area contributed by atoms with Crippen LogP contribution in [-0.4, -0.2) is 47.7 Å². The highest BCUT2D eigenvalue weighted by atomic mass is 32.2. The molecule has 1 fully saturated rings. The van der Waals surface area contributed by atoms with Crippen LogP contribution in [0.4, 0.5) is 6.01 Å². The zero-order valence-electron chi connectivity index (χ0n) is 18.3. The molecule has 3 aromatic rings. The first kappa shape index (κ1) is 23.5. The van der Waals surface area contributed by atoms with Gasteiger partial charge in [-0.1, -0.05) is 41.0 Å². The fraction of sp³-hybridized carbons (Fsp3) is 0.348. The minimum absolute atomic E-state index is 0.0782. The van der Waals surface area contributed by atoms with Gasteiger partial charge in [0.05, 0.1) is 4.90 Å². The van der Waals surface area contributed by atoms with Gasteiger partial charge in [0.15, 0.2) is 0 Å². The molecule has 0 atom stereocenters. The molecule has 0 saturated carbocycles. The summed E-state index contributed by atoms with van der Waals surface area (Å²) in [6.45, 7) is 2.50. The van der Waals surface area contributed by atoms with Crippen molar-refractivity contribution < 1.29 is 17.6 Å². The molecule has 0 bridgehead atoms. The Morgan fingerprint density at radius 1 is 1.09 bits per heavy atom. The molecule has 2 heterocycles. The number of carbonyl (C=O) groups excluding carboxylic acids is 1. The maximum atomic E-state index is 12.8. The van der Waals surface area contributed by atoms with Crippen LogP contribution in [0.15, 0.2) is 68.8 Å². The molecule has 1 saturated heterocycles. The second-order valence-corrected chi connectivity index (χ2v) is 11.0. The molecule has 4 rings (SSSR count). The number of anilines is 1. The fourth-order valence-corrected chi connectivity index (χ4v) is 5.93. The molecular weight excluding hydrogens is 460 g/mol. The number of aromatic nitrogens is 2. The van der Waals surface area contributed by atoms with Gasteiger partial charge in [-0.15, -0.1) is 16.9 Å². The quantitative estimate of drug-likeness (QED) is 0.483. The normalized spacial score (nSPS) is 15.4. The molecule has 174 valence electrons. The first-order valence-corrected chi connectivity index (χ1v) is 13.2. The van der Waals surface area contributed by atoms with Gasteiger partial charge in [-0.2, -0.15) is 4.31 Å². The molecule has 2 aromatic carbocycles. The first-order chi connectivity index (χ1) is 15.9. The second-order valence-electron chi connectivity index (χ2n) is 7.89. The molecule has 0 unspecified atom stereocenters. The number of piperidine rings is 1. The molecule has 1 aliphatic heterocycles. The molecular formula is C23H26N4O4S2. The van der Waals surface area contributed by atoms with Crippen LogP contribution in [0.2, 0.25) is 0 Å². The predicted octanol–water partition coefficient (Wildman–Crippen LogP) is 3.75. The summed E-state index contributed by atoms with van der Waals surface area (Å²) < 4.78 is 32.7. The van der Waals surface area contributed by atoms with Crippen molar-refractivity contribution in [2.75, 3.05) is 24.2 Å². The fourth-order valence-electron chi connectivity index (χ4n) is 3.60. The third kappa shape index (κ3) is 6.01. The maximum absolute atomic E-state index is 12.8. The van der Waals surface area contributed by atoms with Crippen LogP contribution in [-0.2, 0) is 21.2 Å². The number of aryl methyl sites for hydroxylation is 2. The van der Waals surface area contributed by atoms with Crippen molar-refractivity contribution >= 4 is 33.7 Å². The molecule has 8 nitrogen and oxygen atoms in total. The number of nitrogens with zero attached hydrogens (tertiary/aromatic N) is 3. The average molecular weight is 487 g/mol. The molecule has 0 aliphatic carbocycles. The number of hydrogen-bond acceptors (Lipinski definition) is 7. The molecule has 33 heavy (non-hydrogen) atoms. The van der Waals surface area contributed by atoms with E-state index in [1.54, 1.807) is 36.0 Å². The molecule has 1 aromatic heterocycles. The van der Waals surface area contributed by atoms with Gasteiger partial charge in [-0.3, -0.25) is 10.1 Å². The van der Waals surface area contributed by atoms with E-state index in [1.807, 2.05) is 37.3 Å². The number of carbonyl (C=O) groups is 1. The largest absolute Gasteiger partial charge is 0.408 e. The standard InChI is InChI=1S/C23H26N4O4S2/c1-17-7-9-20(10-8-17)33(29,30)27-14-11-18(12-15-27)22(28)24-23-26-25-21(31-23)13-16-32-19-5-3-2-4-6-19/h2-10,18H,11-16H2,1H3,(H,24,26,28). The monoisotopic (exact) mass is 486 g/mol. The number of benzene rings is 2. The van der Waals surface area contributed by atoms with Crippen molar-refractivity contribution in [1.29, 1.82) is 0 Å². The number of hydrogen-bond donors (Lipinski definition) is 1. The van der Waals surface area contributed by atoms with Crippen LogP contribution in [0.3, 0.4) is 0 Å². The lowest BCUT2D eigenvalue weighted by Crippen LogP contribution is -2.41. The average Bonchev–Trinajstić information content (AvgIpc) is 3.27. The van der Waals surface area contributed by atoms with E-state index in [9.17, 15) is 13.2 Å². The third-order valence-electron chi connectivity index (χ3n) is 5.51. The lowest BCUT2D eigenvalue weighted by molar-refractivity contribution is -0.121. The third-order valence-corrected chi connectivity index (χ3v) is 8.43. The van der Waals surface area contributed by atoms with Crippen LogP contribution >= 0.6 is 11.8 Å². The molecule has 1 amide bonds. The summed E-state index contributed by atoms with van der Waals surface area (Å²) in [6.07, 6.45) is 1.47. The smallest absolute Gasteiger partial charge is 0.322 e. The summed E-state index contributed by atoms with van der Waals surface area (Å²) in [7, 11) is -3.55. The van der Waals surface area contributed by atoms with E-state index < -0.39 is 10.0 Å². The Hall–Kier alpha value is -2.69. The van der Waals surface area contributed by atoms with Crippen molar-refractivity contribution in [3.8, 4) is 0 Å². The van der Waals surface area contributed by atoms with E-state index >= 15 is 0 Å². The summed E-state index contributed by atoms with van der Waals surface area (Å²) in [6, 6.07) is 16.9. The van der Waals surface area contributed by atoms with Gasteiger partial charge in [0.2, 0.25) is 21.8 Å². The Bertz CT molecular complexity index is 1170. The van der Waals surface area contributed by atoms with Crippen LogP contribution in [0.1, 0.15) is 24.3 Å². The van der Waals surface area contributed by atoms with Crippen molar-refractivity contribution in [2.45, 2.75) is 36.0 Å². The van der Waals surface area contributed by atoms with E-state index in [0.29, 0.717) is 38.2 Å². The van der Waals surface area contributed by atoms with Gasteiger partial charge in [0.25, 0.3) is 0 Å². The van der Waals surface area contributed by atoms with E-state index in [-0.39, 0.29) is 22.7 Å².